The van der Waals surface area contributed by atoms with E-state index in [0.717, 1.165) is 46.8 Å². The SMILES string of the molecule is COc1cccc(CSCc2nc3sc4c(c3c(=O)[nH]2)CC[C@@H](C)C4)c1. The predicted molar refractivity (Wildman–Crippen MR) is 109 cm³/mol. The van der Waals surface area contributed by atoms with Crippen LogP contribution in [-0.4, -0.2) is 17.1 Å². The molecule has 2 heterocycles. The van der Waals surface area contributed by atoms with E-state index >= 15 is 0 Å². The number of aromatic nitrogens is 2. The Morgan fingerprint density at radius 2 is 2.27 bits per heavy atom. The molecule has 0 spiro atoms. The van der Waals surface area contributed by atoms with Gasteiger partial charge in [-0.05, 0) is 48.4 Å². The second-order valence-electron chi connectivity index (χ2n) is 6.89. The number of thiophene rings is 1. The van der Waals surface area contributed by atoms with Gasteiger partial charge in [-0.15, -0.1) is 23.1 Å². The number of benzene rings is 1. The first-order valence-electron chi connectivity index (χ1n) is 8.88. The molecule has 0 unspecified atom stereocenters. The Labute approximate surface area is 161 Å². The summed E-state index contributed by atoms with van der Waals surface area (Å²) in [5.74, 6) is 3.89. The molecule has 3 aromatic rings. The van der Waals surface area contributed by atoms with Crippen LogP contribution in [0.4, 0.5) is 0 Å². The Balaban J connectivity index is 1.51. The van der Waals surface area contributed by atoms with Crippen molar-refractivity contribution in [3.63, 3.8) is 0 Å². The number of thioether (sulfide) groups is 1. The lowest BCUT2D eigenvalue weighted by Gasteiger charge is -2.17. The van der Waals surface area contributed by atoms with Crippen LogP contribution in [0.25, 0.3) is 10.2 Å². The number of rotatable bonds is 5. The van der Waals surface area contributed by atoms with Crippen LogP contribution >= 0.6 is 23.1 Å². The number of ether oxygens (including phenoxy) is 1. The van der Waals surface area contributed by atoms with Crippen molar-refractivity contribution in [2.75, 3.05) is 7.11 Å². The standard InChI is InChI=1S/C20H22N2O2S2/c1-12-6-7-15-16(8-12)26-20-18(15)19(23)21-17(22-20)11-25-10-13-4-3-5-14(9-13)24-2/h3-5,9,12H,6-8,10-11H2,1-2H3,(H,21,22,23)/t12-/m1/s1. The Morgan fingerprint density at radius 1 is 1.38 bits per heavy atom. The summed E-state index contributed by atoms with van der Waals surface area (Å²) < 4.78 is 5.26. The van der Waals surface area contributed by atoms with Crippen LogP contribution in [-0.2, 0) is 24.3 Å². The summed E-state index contributed by atoms with van der Waals surface area (Å²) in [6.45, 7) is 2.28. The zero-order valence-corrected chi connectivity index (χ0v) is 16.6. The largest absolute Gasteiger partial charge is 0.497 e. The topological polar surface area (TPSA) is 55.0 Å². The predicted octanol–water partition coefficient (Wildman–Crippen LogP) is 4.55. The normalized spacial score (nSPS) is 16.6. The molecule has 4 nitrogen and oxygen atoms in total. The van der Waals surface area contributed by atoms with Gasteiger partial charge in [0.2, 0.25) is 0 Å². The van der Waals surface area contributed by atoms with Gasteiger partial charge in [0.1, 0.15) is 16.4 Å². The van der Waals surface area contributed by atoms with E-state index in [1.807, 2.05) is 18.2 Å². The number of methoxy groups -OCH3 is 1. The molecule has 1 aliphatic carbocycles. The minimum Gasteiger partial charge on any atom is -0.497 e. The third-order valence-corrected chi connectivity index (χ3v) is 7.02. The summed E-state index contributed by atoms with van der Waals surface area (Å²) in [6, 6.07) is 8.07. The third-order valence-electron chi connectivity index (χ3n) is 4.86. The number of nitrogens with zero attached hydrogens (tertiary/aromatic N) is 1. The molecule has 0 amide bonds. The van der Waals surface area contributed by atoms with Gasteiger partial charge in [-0.2, -0.15) is 0 Å². The van der Waals surface area contributed by atoms with Gasteiger partial charge in [0.15, 0.2) is 0 Å². The number of fused-ring (bicyclic) bond motifs is 3. The molecule has 0 radical (unpaired) electrons. The molecule has 1 aromatic carbocycles. The van der Waals surface area contributed by atoms with Crippen molar-refractivity contribution in [1.82, 2.24) is 9.97 Å². The number of H-pyrrole nitrogens is 1. The third kappa shape index (κ3) is 3.53. The molecule has 0 fully saturated rings. The van der Waals surface area contributed by atoms with E-state index in [-0.39, 0.29) is 5.56 Å². The minimum atomic E-state index is 0.0269. The molecule has 0 bridgehead atoms. The lowest BCUT2D eigenvalue weighted by Crippen LogP contribution is -2.14. The fraction of sp³-hybridized carbons (Fsp3) is 0.400. The van der Waals surface area contributed by atoms with E-state index in [0.29, 0.717) is 11.7 Å². The van der Waals surface area contributed by atoms with Gasteiger partial charge in [-0.1, -0.05) is 19.1 Å². The van der Waals surface area contributed by atoms with Gasteiger partial charge < -0.3 is 9.72 Å². The zero-order valence-electron chi connectivity index (χ0n) is 15.0. The number of aromatic amines is 1. The highest BCUT2D eigenvalue weighted by atomic mass is 32.2. The van der Waals surface area contributed by atoms with E-state index in [1.165, 1.54) is 16.0 Å². The highest BCUT2D eigenvalue weighted by Crippen LogP contribution is 2.35. The monoisotopic (exact) mass is 386 g/mol. The van der Waals surface area contributed by atoms with Gasteiger partial charge in [-0.3, -0.25) is 4.79 Å². The van der Waals surface area contributed by atoms with Crippen LogP contribution in [0.3, 0.4) is 0 Å². The average molecular weight is 387 g/mol. The number of nitrogens with one attached hydrogen (secondary N) is 1. The van der Waals surface area contributed by atoms with Crippen molar-refractivity contribution in [2.24, 2.45) is 5.92 Å². The lowest BCUT2D eigenvalue weighted by molar-refractivity contribution is 0.414. The molecule has 4 rings (SSSR count). The summed E-state index contributed by atoms with van der Waals surface area (Å²) in [4.78, 5) is 22.6. The van der Waals surface area contributed by atoms with Crippen molar-refractivity contribution >= 4 is 33.3 Å². The van der Waals surface area contributed by atoms with Crippen molar-refractivity contribution in [1.29, 1.82) is 0 Å². The summed E-state index contributed by atoms with van der Waals surface area (Å²) in [7, 11) is 1.68. The molecule has 2 aromatic heterocycles. The molecule has 0 saturated carbocycles. The van der Waals surface area contributed by atoms with E-state index in [4.69, 9.17) is 9.72 Å². The Morgan fingerprint density at radius 3 is 3.12 bits per heavy atom. The van der Waals surface area contributed by atoms with Gasteiger partial charge in [0, 0.05) is 10.6 Å². The molecule has 1 N–H and O–H groups in total. The maximum atomic E-state index is 12.6. The molecular formula is C20H22N2O2S2. The smallest absolute Gasteiger partial charge is 0.259 e. The Bertz CT molecular complexity index is 993. The van der Waals surface area contributed by atoms with Gasteiger partial charge in [0.05, 0.1) is 18.2 Å². The Hall–Kier alpha value is -1.79. The maximum Gasteiger partial charge on any atom is 0.259 e. The van der Waals surface area contributed by atoms with Gasteiger partial charge in [-0.25, -0.2) is 4.98 Å². The fourth-order valence-corrected chi connectivity index (χ4v) is 5.74. The van der Waals surface area contributed by atoms with Gasteiger partial charge >= 0.3 is 0 Å². The van der Waals surface area contributed by atoms with Crippen LogP contribution in [0.2, 0.25) is 0 Å². The van der Waals surface area contributed by atoms with Crippen LogP contribution in [0.1, 0.15) is 35.2 Å². The molecule has 136 valence electrons. The van der Waals surface area contributed by atoms with Crippen molar-refractivity contribution in [3.8, 4) is 5.75 Å². The summed E-state index contributed by atoms with van der Waals surface area (Å²) in [5.41, 5.74) is 2.48. The highest BCUT2D eigenvalue weighted by molar-refractivity contribution is 7.97. The van der Waals surface area contributed by atoms with Gasteiger partial charge in [0.25, 0.3) is 5.56 Å². The quantitative estimate of drug-likeness (QED) is 0.699. The molecular weight excluding hydrogens is 364 g/mol. The average Bonchev–Trinajstić information content (AvgIpc) is 2.99. The van der Waals surface area contributed by atoms with E-state index in [1.54, 1.807) is 30.2 Å². The zero-order chi connectivity index (χ0) is 18.1. The van der Waals surface area contributed by atoms with Crippen LogP contribution < -0.4 is 10.3 Å². The first-order valence-corrected chi connectivity index (χ1v) is 10.8. The molecule has 1 aliphatic rings. The summed E-state index contributed by atoms with van der Waals surface area (Å²) in [6.07, 6.45) is 3.25. The van der Waals surface area contributed by atoms with Crippen molar-refractivity contribution in [2.45, 2.75) is 37.7 Å². The first kappa shape index (κ1) is 17.6. The summed E-state index contributed by atoms with van der Waals surface area (Å²) in [5, 5.41) is 0.832. The van der Waals surface area contributed by atoms with Crippen molar-refractivity contribution in [3.05, 3.63) is 56.4 Å². The molecule has 6 heteroatoms. The van der Waals surface area contributed by atoms with E-state index in [2.05, 4.69) is 18.0 Å². The van der Waals surface area contributed by atoms with E-state index in [9.17, 15) is 4.79 Å². The van der Waals surface area contributed by atoms with Crippen LogP contribution in [0.15, 0.2) is 29.1 Å². The number of hydrogen-bond donors (Lipinski definition) is 1. The first-order chi connectivity index (χ1) is 12.6. The van der Waals surface area contributed by atoms with Crippen LogP contribution in [0.5, 0.6) is 5.75 Å². The second-order valence-corrected chi connectivity index (χ2v) is 8.96. The lowest BCUT2D eigenvalue weighted by atomic mass is 9.89. The van der Waals surface area contributed by atoms with Crippen molar-refractivity contribution < 1.29 is 4.74 Å². The number of hydrogen-bond acceptors (Lipinski definition) is 5. The Kier molecular flexibility index (Phi) is 5.05. The maximum absolute atomic E-state index is 12.6. The fourth-order valence-electron chi connectivity index (χ4n) is 3.49. The molecule has 0 saturated heterocycles. The minimum absolute atomic E-state index is 0.0269. The van der Waals surface area contributed by atoms with Crippen LogP contribution in [0, 0.1) is 5.92 Å². The molecule has 0 aliphatic heterocycles. The number of aryl methyl sites for hydroxylation is 1. The summed E-state index contributed by atoms with van der Waals surface area (Å²) >= 11 is 3.46. The van der Waals surface area contributed by atoms with E-state index < -0.39 is 0 Å². The second kappa shape index (κ2) is 7.45. The highest BCUT2D eigenvalue weighted by Gasteiger charge is 2.22. The molecule has 1 atom stereocenters. The molecule has 26 heavy (non-hydrogen) atoms.